The van der Waals surface area contributed by atoms with E-state index in [1.807, 2.05) is 10.8 Å². The minimum absolute atomic E-state index is 0.0945. The Hall–Kier alpha value is -7.42. The number of carboxylic acid groups (broad SMARTS) is 1. The molecule has 0 bridgehead atoms. The van der Waals surface area contributed by atoms with Crippen molar-refractivity contribution in [2.45, 2.75) is 131 Å². The van der Waals surface area contributed by atoms with Crippen LogP contribution in [-0.2, 0) is 31.0 Å². The van der Waals surface area contributed by atoms with E-state index in [4.69, 9.17) is 29.3 Å². The highest BCUT2D eigenvalue weighted by molar-refractivity contribution is 7.10. The fourth-order valence-corrected chi connectivity index (χ4v) is 10.6. The predicted octanol–water partition coefficient (Wildman–Crippen LogP) is 15.7. The SMILES string of the molecule is CCC(CC)c1ccc(N(Cc2ccc(-c3csc(COc4cncc(C(=O)O)c4)n3)cc2)C(C)C)cc1.CCC(CC)c1ccc(N(Cc2ccc(-c3csc(COc4cncc(C(=O)OC)c4)n3)cc2)C(C)C)cc1. The number of hydrogen-bond acceptors (Lipinski definition) is 13. The zero-order valence-electron chi connectivity index (χ0n) is 45.8. The van der Waals surface area contributed by atoms with Crippen molar-refractivity contribution in [2.24, 2.45) is 0 Å². The van der Waals surface area contributed by atoms with Crippen LogP contribution in [0.25, 0.3) is 22.5 Å². The second-order valence-electron chi connectivity index (χ2n) is 19.5. The fourth-order valence-electron chi connectivity index (χ4n) is 9.15. The number of hydrogen-bond donors (Lipinski definition) is 1. The van der Waals surface area contributed by atoms with Crippen LogP contribution in [0.5, 0.6) is 11.5 Å². The number of methoxy groups -OCH3 is 1. The van der Waals surface area contributed by atoms with Gasteiger partial charge in [-0.3, -0.25) is 9.97 Å². The smallest absolute Gasteiger partial charge is 0.339 e. The van der Waals surface area contributed by atoms with Crippen LogP contribution < -0.4 is 19.3 Å². The van der Waals surface area contributed by atoms with Crippen molar-refractivity contribution < 1.29 is 28.9 Å². The molecule has 0 aliphatic rings. The molecule has 0 fully saturated rings. The molecule has 0 aliphatic heterocycles. The molecule has 0 aliphatic carbocycles. The number of nitrogens with zero attached hydrogens (tertiary/aromatic N) is 6. The molecular formula is C63H72N6O6S2. The average Bonchev–Trinajstić information content (AvgIpc) is 4.15. The van der Waals surface area contributed by atoms with Crippen LogP contribution in [-0.4, -0.2) is 56.2 Å². The number of aromatic carboxylic acids is 1. The second kappa shape index (κ2) is 28.1. The summed E-state index contributed by atoms with van der Waals surface area (Å²) in [5.41, 5.74) is 12.2. The molecule has 0 amide bonds. The standard InChI is InChI=1S/C32H37N3O3S.C31H35N3O3S/c1-6-24(7-2)25-12-14-28(15-13-25)35(22(3)4)19-23-8-10-26(11-9-23)30-21-39-31(34-30)20-38-29-16-27(17-33-18-29)32(36)37-5;1-5-23(6-2)24-11-13-27(14-12-24)34(21(3)4)18-22-7-9-25(10-8-22)29-20-38-30(33-29)19-37-28-15-26(31(35)36)16-32-17-28/h8-18,21-22,24H,6-7,19-20H2,1-5H3;7-17,20-21,23H,5-6,18-19H2,1-4H3,(H,35,36). The predicted molar refractivity (Wildman–Crippen MR) is 313 cm³/mol. The number of carboxylic acids is 1. The van der Waals surface area contributed by atoms with Crippen LogP contribution in [0, 0.1) is 0 Å². The maximum atomic E-state index is 11.7. The number of thiazole rings is 2. The summed E-state index contributed by atoms with van der Waals surface area (Å²) in [7, 11) is 1.34. The van der Waals surface area contributed by atoms with Gasteiger partial charge in [0.2, 0.25) is 0 Å². The summed E-state index contributed by atoms with van der Waals surface area (Å²) in [5, 5.41) is 14.8. The zero-order chi connectivity index (χ0) is 54.8. The number of benzene rings is 4. The first-order chi connectivity index (χ1) is 37.3. The highest BCUT2D eigenvalue weighted by Crippen LogP contribution is 2.31. The lowest BCUT2D eigenvalue weighted by Crippen LogP contribution is -2.30. The van der Waals surface area contributed by atoms with Gasteiger partial charge in [0, 0.05) is 70.8 Å². The maximum absolute atomic E-state index is 11.7. The third-order valence-corrected chi connectivity index (χ3v) is 15.4. The number of aromatic nitrogens is 4. The van der Waals surface area contributed by atoms with E-state index in [2.05, 4.69) is 172 Å². The largest absolute Gasteiger partial charge is 0.485 e. The topological polar surface area (TPSA) is 140 Å². The highest BCUT2D eigenvalue weighted by atomic mass is 32.1. The Morgan fingerprint density at radius 3 is 1.30 bits per heavy atom. The third kappa shape index (κ3) is 15.8. The Labute approximate surface area is 462 Å². The van der Waals surface area contributed by atoms with Gasteiger partial charge in [0.1, 0.15) is 34.7 Å². The van der Waals surface area contributed by atoms with Crippen LogP contribution in [0.15, 0.2) is 145 Å². The van der Waals surface area contributed by atoms with E-state index in [9.17, 15) is 9.59 Å². The van der Waals surface area contributed by atoms with Crippen molar-refractivity contribution in [1.82, 2.24) is 19.9 Å². The molecule has 0 spiro atoms. The van der Waals surface area contributed by atoms with E-state index in [0.29, 0.717) is 47.6 Å². The Morgan fingerprint density at radius 2 is 0.935 bits per heavy atom. The molecule has 0 saturated carbocycles. The van der Waals surface area contributed by atoms with Gasteiger partial charge in [-0.25, -0.2) is 19.6 Å². The molecule has 8 aromatic rings. The number of carbonyl (C=O) groups excluding carboxylic acids is 1. The first kappa shape index (κ1) is 57.3. The third-order valence-electron chi connectivity index (χ3n) is 13.7. The van der Waals surface area contributed by atoms with Crippen molar-refractivity contribution >= 4 is 46.0 Å². The van der Waals surface area contributed by atoms with Gasteiger partial charge in [0.25, 0.3) is 0 Å². The van der Waals surface area contributed by atoms with Crippen molar-refractivity contribution in [3.8, 4) is 34.0 Å². The summed E-state index contributed by atoms with van der Waals surface area (Å²) >= 11 is 3.06. The molecule has 8 rings (SSSR count). The molecule has 4 heterocycles. The van der Waals surface area contributed by atoms with Crippen LogP contribution >= 0.6 is 22.7 Å². The van der Waals surface area contributed by atoms with E-state index >= 15 is 0 Å². The first-order valence-corrected chi connectivity index (χ1v) is 28.3. The monoisotopic (exact) mass is 1070 g/mol. The minimum Gasteiger partial charge on any atom is -0.485 e. The quantitative estimate of drug-likeness (QED) is 0.0576. The first-order valence-electron chi connectivity index (χ1n) is 26.6. The molecule has 14 heteroatoms. The Balaban J connectivity index is 0.000000224. The van der Waals surface area contributed by atoms with Crippen LogP contribution in [0.4, 0.5) is 11.4 Å². The van der Waals surface area contributed by atoms with Gasteiger partial charge in [0.15, 0.2) is 0 Å². The van der Waals surface area contributed by atoms with Gasteiger partial charge in [0.05, 0.1) is 42.0 Å². The van der Waals surface area contributed by atoms with Gasteiger partial charge in [-0.15, -0.1) is 22.7 Å². The van der Waals surface area contributed by atoms with Gasteiger partial charge in [-0.1, -0.05) is 100 Å². The molecule has 77 heavy (non-hydrogen) atoms. The van der Waals surface area contributed by atoms with E-state index in [-0.39, 0.29) is 12.2 Å². The van der Waals surface area contributed by atoms with Gasteiger partial charge >= 0.3 is 11.9 Å². The van der Waals surface area contributed by atoms with Crippen molar-refractivity contribution in [1.29, 1.82) is 0 Å². The Morgan fingerprint density at radius 1 is 0.545 bits per heavy atom. The minimum atomic E-state index is -1.03. The van der Waals surface area contributed by atoms with Gasteiger partial charge in [-0.05, 0) is 124 Å². The number of rotatable bonds is 24. The summed E-state index contributed by atoms with van der Waals surface area (Å²) in [6.45, 7) is 20.2. The zero-order valence-corrected chi connectivity index (χ0v) is 47.4. The molecule has 4 aromatic heterocycles. The van der Waals surface area contributed by atoms with Crippen LogP contribution in [0.1, 0.15) is 146 Å². The van der Waals surface area contributed by atoms with Crippen molar-refractivity contribution in [3.05, 3.63) is 188 Å². The Bertz CT molecular complexity index is 3090. The number of esters is 1. The van der Waals surface area contributed by atoms with E-state index in [1.165, 1.54) is 102 Å². The lowest BCUT2D eigenvalue weighted by atomic mass is 9.94. The van der Waals surface area contributed by atoms with Gasteiger partial charge < -0.3 is 29.1 Å². The summed E-state index contributed by atoms with van der Waals surface area (Å²) < 4.78 is 16.3. The van der Waals surface area contributed by atoms with Crippen LogP contribution in [0.3, 0.4) is 0 Å². The van der Waals surface area contributed by atoms with E-state index in [0.717, 1.165) is 45.6 Å². The number of ether oxygens (including phenoxy) is 3. The molecule has 0 saturated heterocycles. The molecule has 1 N–H and O–H groups in total. The maximum Gasteiger partial charge on any atom is 0.339 e. The molecular weight excluding hydrogens is 1000 g/mol. The fraction of sp³-hybridized carbons (Fsp3) is 0.333. The molecule has 4 aromatic carbocycles. The van der Waals surface area contributed by atoms with Crippen molar-refractivity contribution in [2.75, 3.05) is 16.9 Å². The molecule has 0 atom stereocenters. The average molecular weight is 1070 g/mol. The van der Waals surface area contributed by atoms with Gasteiger partial charge in [-0.2, -0.15) is 0 Å². The summed E-state index contributed by atoms with van der Waals surface area (Å²) in [4.78, 5) is 45.1. The van der Waals surface area contributed by atoms with E-state index in [1.54, 1.807) is 23.6 Å². The molecule has 402 valence electrons. The number of pyridine rings is 2. The van der Waals surface area contributed by atoms with Crippen LogP contribution in [0.2, 0.25) is 0 Å². The second-order valence-corrected chi connectivity index (χ2v) is 21.4. The Kier molecular flexibility index (Phi) is 20.9. The summed E-state index contributed by atoms with van der Waals surface area (Å²) in [6, 6.07) is 39.2. The highest BCUT2D eigenvalue weighted by Gasteiger charge is 2.17. The molecule has 0 radical (unpaired) electrons. The number of anilines is 2. The molecule has 12 nitrogen and oxygen atoms in total. The number of carbonyl (C=O) groups is 2. The van der Waals surface area contributed by atoms with Crippen molar-refractivity contribution in [3.63, 3.8) is 0 Å². The summed E-state index contributed by atoms with van der Waals surface area (Å²) in [5.74, 6) is 0.687. The van der Waals surface area contributed by atoms with E-state index < -0.39 is 11.9 Å². The lowest BCUT2D eigenvalue weighted by Gasteiger charge is -2.30. The lowest BCUT2D eigenvalue weighted by molar-refractivity contribution is 0.0598. The normalized spacial score (nSPS) is 11.2. The summed E-state index contributed by atoms with van der Waals surface area (Å²) in [6.07, 6.45) is 10.5. The molecule has 0 unspecified atom stereocenters.